The molecule has 4 heteroatoms. The maximum atomic E-state index is 5.78. The van der Waals surface area contributed by atoms with Crippen LogP contribution in [0.15, 0.2) is 54.9 Å². The van der Waals surface area contributed by atoms with Crippen molar-refractivity contribution in [2.24, 2.45) is 5.73 Å². The Balaban J connectivity index is 1.85. The molecule has 0 saturated carbocycles. The number of aromatic nitrogens is 2. The predicted molar refractivity (Wildman–Crippen MR) is 78.7 cm³/mol. The van der Waals surface area contributed by atoms with Gasteiger partial charge in [-0.1, -0.05) is 6.07 Å². The lowest BCUT2D eigenvalue weighted by Gasteiger charge is -2.08. The molecule has 20 heavy (non-hydrogen) atoms. The second-order valence-corrected chi connectivity index (χ2v) is 4.67. The minimum atomic E-state index is -0.0751. The summed E-state index contributed by atoms with van der Waals surface area (Å²) in [4.78, 5) is 8.58. The third-order valence-corrected chi connectivity index (χ3v) is 3.04. The number of pyridine rings is 2. The van der Waals surface area contributed by atoms with Crippen molar-refractivity contribution in [3.63, 3.8) is 0 Å². The highest BCUT2D eigenvalue weighted by Gasteiger charge is 2.03. The van der Waals surface area contributed by atoms with Crippen LogP contribution in [0, 0.1) is 0 Å². The average Bonchev–Trinajstić information content (AvgIpc) is 2.48. The second kappa shape index (κ2) is 5.27. The molecule has 0 fully saturated rings. The molecule has 2 aromatic heterocycles. The second-order valence-electron chi connectivity index (χ2n) is 4.67. The number of nitrogens with zero attached hydrogens (tertiary/aromatic N) is 2. The van der Waals surface area contributed by atoms with Crippen molar-refractivity contribution in [3.8, 4) is 11.5 Å². The molecule has 3 rings (SSSR count). The number of benzene rings is 1. The first-order valence-corrected chi connectivity index (χ1v) is 6.46. The van der Waals surface area contributed by atoms with E-state index in [0.717, 1.165) is 22.3 Å². The van der Waals surface area contributed by atoms with Crippen LogP contribution in [-0.2, 0) is 0 Å². The summed E-state index contributed by atoms with van der Waals surface area (Å²) in [5.41, 5.74) is 7.52. The zero-order valence-corrected chi connectivity index (χ0v) is 11.2. The summed E-state index contributed by atoms with van der Waals surface area (Å²) < 4.78 is 5.78. The molecule has 2 heterocycles. The third-order valence-electron chi connectivity index (χ3n) is 3.04. The van der Waals surface area contributed by atoms with E-state index < -0.39 is 0 Å². The van der Waals surface area contributed by atoms with E-state index in [1.807, 2.05) is 49.4 Å². The Morgan fingerprint density at radius 2 is 1.90 bits per heavy atom. The summed E-state index contributed by atoms with van der Waals surface area (Å²) in [5.74, 6) is 1.43. The van der Waals surface area contributed by atoms with E-state index in [-0.39, 0.29) is 6.04 Å². The van der Waals surface area contributed by atoms with Crippen LogP contribution in [0.25, 0.3) is 10.9 Å². The number of hydrogen-bond donors (Lipinski definition) is 1. The third kappa shape index (κ3) is 2.60. The van der Waals surface area contributed by atoms with E-state index in [1.165, 1.54) is 0 Å². The van der Waals surface area contributed by atoms with Gasteiger partial charge in [-0.05, 0) is 37.3 Å². The van der Waals surface area contributed by atoms with Crippen LogP contribution in [0.1, 0.15) is 18.7 Å². The molecule has 3 aromatic rings. The number of ether oxygens (including phenoxy) is 1. The minimum Gasteiger partial charge on any atom is -0.456 e. The van der Waals surface area contributed by atoms with E-state index in [9.17, 15) is 0 Å². The van der Waals surface area contributed by atoms with Crippen LogP contribution in [0.5, 0.6) is 11.5 Å². The first-order valence-electron chi connectivity index (χ1n) is 6.46. The normalized spacial score (nSPS) is 12.3. The van der Waals surface area contributed by atoms with E-state index in [2.05, 4.69) is 9.97 Å². The largest absolute Gasteiger partial charge is 0.456 e. The van der Waals surface area contributed by atoms with Gasteiger partial charge >= 0.3 is 0 Å². The smallest absolute Gasteiger partial charge is 0.145 e. The van der Waals surface area contributed by atoms with Gasteiger partial charge in [0.2, 0.25) is 0 Å². The monoisotopic (exact) mass is 265 g/mol. The molecule has 0 aliphatic carbocycles. The van der Waals surface area contributed by atoms with Gasteiger partial charge in [0.1, 0.15) is 11.5 Å². The van der Waals surface area contributed by atoms with Crippen molar-refractivity contribution in [1.82, 2.24) is 9.97 Å². The van der Waals surface area contributed by atoms with Crippen LogP contribution in [0.3, 0.4) is 0 Å². The van der Waals surface area contributed by atoms with Gasteiger partial charge in [-0.3, -0.25) is 9.97 Å². The summed E-state index contributed by atoms with van der Waals surface area (Å²) in [6.07, 6.45) is 3.45. The van der Waals surface area contributed by atoms with E-state index in [4.69, 9.17) is 10.5 Å². The summed E-state index contributed by atoms with van der Waals surface area (Å²) >= 11 is 0. The summed E-state index contributed by atoms with van der Waals surface area (Å²) in [7, 11) is 0. The van der Waals surface area contributed by atoms with Gasteiger partial charge in [-0.2, -0.15) is 0 Å². The van der Waals surface area contributed by atoms with Crippen molar-refractivity contribution in [3.05, 3.63) is 60.6 Å². The standard InChI is InChI=1S/C16H15N3O/c1-11(17)15-7-6-14(10-19-15)20-13-5-4-12-3-2-8-18-16(12)9-13/h2-11H,17H2,1H3/t11-/m1/s1. The zero-order chi connectivity index (χ0) is 13.9. The van der Waals surface area contributed by atoms with Crippen LogP contribution < -0.4 is 10.5 Å². The first-order chi connectivity index (χ1) is 9.72. The summed E-state index contributed by atoms with van der Waals surface area (Å²) in [5, 5.41) is 1.09. The molecule has 0 unspecified atom stereocenters. The Morgan fingerprint density at radius 1 is 1.05 bits per heavy atom. The molecule has 0 aliphatic heterocycles. The van der Waals surface area contributed by atoms with E-state index >= 15 is 0 Å². The van der Waals surface area contributed by atoms with Crippen LogP contribution >= 0.6 is 0 Å². The number of hydrogen-bond acceptors (Lipinski definition) is 4. The molecular formula is C16H15N3O. The van der Waals surface area contributed by atoms with Crippen LogP contribution in [0.4, 0.5) is 0 Å². The molecule has 0 amide bonds. The highest BCUT2D eigenvalue weighted by Crippen LogP contribution is 2.24. The highest BCUT2D eigenvalue weighted by molar-refractivity contribution is 5.79. The SMILES string of the molecule is C[C@@H](N)c1ccc(Oc2ccc3cccnc3c2)cn1. The first kappa shape index (κ1) is 12.6. The van der Waals surface area contributed by atoms with Gasteiger partial charge < -0.3 is 10.5 Å². The van der Waals surface area contributed by atoms with Crippen molar-refractivity contribution < 1.29 is 4.74 Å². The molecule has 4 nitrogen and oxygen atoms in total. The Labute approximate surface area is 117 Å². The molecular weight excluding hydrogens is 250 g/mol. The minimum absolute atomic E-state index is 0.0751. The van der Waals surface area contributed by atoms with Crippen LogP contribution in [-0.4, -0.2) is 9.97 Å². The van der Waals surface area contributed by atoms with Gasteiger partial charge in [-0.15, -0.1) is 0 Å². The van der Waals surface area contributed by atoms with Crippen molar-refractivity contribution >= 4 is 10.9 Å². The summed E-state index contributed by atoms with van der Waals surface area (Å²) in [6.45, 7) is 1.90. The molecule has 0 radical (unpaired) electrons. The number of nitrogens with two attached hydrogens (primary N) is 1. The lowest BCUT2D eigenvalue weighted by molar-refractivity contribution is 0.480. The lowest BCUT2D eigenvalue weighted by atomic mass is 10.2. The fourth-order valence-corrected chi connectivity index (χ4v) is 1.97. The topological polar surface area (TPSA) is 61.0 Å². The fourth-order valence-electron chi connectivity index (χ4n) is 1.97. The number of fused-ring (bicyclic) bond motifs is 1. The van der Waals surface area contributed by atoms with E-state index in [1.54, 1.807) is 12.4 Å². The molecule has 2 N–H and O–H groups in total. The quantitative estimate of drug-likeness (QED) is 0.788. The molecule has 100 valence electrons. The van der Waals surface area contributed by atoms with Gasteiger partial charge in [0, 0.05) is 23.7 Å². The molecule has 0 spiro atoms. The Morgan fingerprint density at radius 3 is 2.65 bits per heavy atom. The average molecular weight is 265 g/mol. The molecule has 0 aliphatic rings. The zero-order valence-electron chi connectivity index (χ0n) is 11.2. The molecule has 0 saturated heterocycles. The van der Waals surface area contributed by atoms with Crippen molar-refractivity contribution in [1.29, 1.82) is 0 Å². The molecule has 0 bridgehead atoms. The van der Waals surface area contributed by atoms with Gasteiger partial charge in [0.15, 0.2) is 0 Å². The highest BCUT2D eigenvalue weighted by atomic mass is 16.5. The van der Waals surface area contributed by atoms with Gasteiger partial charge in [0.05, 0.1) is 17.4 Å². The molecule has 1 aromatic carbocycles. The lowest BCUT2D eigenvalue weighted by Crippen LogP contribution is -2.06. The van der Waals surface area contributed by atoms with Crippen molar-refractivity contribution in [2.45, 2.75) is 13.0 Å². The predicted octanol–water partition coefficient (Wildman–Crippen LogP) is 3.44. The Kier molecular flexibility index (Phi) is 3.31. The van der Waals surface area contributed by atoms with Crippen molar-refractivity contribution in [2.75, 3.05) is 0 Å². The number of rotatable bonds is 3. The van der Waals surface area contributed by atoms with Crippen LogP contribution in [0.2, 0.25) is 0 Å². The van der Waals surface area contributed by atoms with Gasteiger partial charge in [-0.25, -0.2) is 0 Å². The summed E-state index contributed by atoms with van der Waals surface area (Å²) in [6, 6.07) is 13.4. The van der Waals surface area contributed by atoms with Gasteiger partial charge in [0.25, 0.3) is 0 Å². The maximum absolute atomic E-state index is 5.78. The fraction of sp³-hybridized carbons (Fsp3) is 0.125. The maximum Gasteiger partial charge on any atom is 0.145 e. The Bertz CT molecular complexity index is 723. The van der Waals surface area contributed by atoms with E-state index in [0.29, 0.717) is 5.75 Å². The Hall–Kier alpha value is -2.46. The molecule has 1 atom stereocenters.